The molecule has 0 spiro atoms. The summed E-state index contributed by atoms with van der Waals surface area (Å²) in [6, 6.07) is 5.48. The van der Waals surface area contributed by atoms with E-state index in [1.54, 1.807) is 12.1 Å². The molecule has 110 valence electrons. The first kappa shape index (κ1) is 15.1. The molecular formula is C15H21ClN2O2. The average Bonchev–Trinajstić information content (AvgIpc) is 2.60. The minimum Gasteiger partial charge on any atom is -0.478 e. The molecule has 1 atom stereocenters. The van der Waals surface area contributed by atoms with Crippen molar-refractivity contribution in [1.82, 2.24) is 4.90 Å². The van der Waals surface area contributed by atoms with E-state index in [9.17, 15) is 9.90 Å². The van der Waals surface area contributed by atoms with Gasteiger partial charge in [-0.2, -0.15) is 0 Å². The molecule has 0 saturated carbocycles. The molecule has 1 aliphatic rings. The van der Waals surface area contributed by atoms with Gasteiger partial charge in [-0.3, -0.25) is 0 Å². The van der Waals surface area contributed by atoms with Gasteiger partial charge in [0.2, 0.25) is 0 Å². The second-order valence-corrected chi connectivity index (χ2v) is 5.77. The van der Waals surface area contributed by atoms with Crippen molar-refractivity contribution in [2.75, 3.05) is 31.6 Å². The highest BCUT2D eigenvalue weighted by Crippen LogP contribution is 2.28. The number of hydrogen-bond acceptors (Lipinski definition) is 3. The molecule has 1 aliphatic heterocycles. The molecule has 5 heteroatoms. The van der Waals surface area contributed by atoms with Crippen LogP contribution in [0.4, 0.5) is 5.69 Å². The maximum Gasteiger partial charge on any atom is 0.337 e. The fourth-order valence-corrected chi connectivity index (χ4v) is 3.01. The maximum absolute atomic E-state index is 11.5. The van der Waals surface area contributed by atoms with E-state index in [4.69, 9.17) is 11.6 Å². The third kappa shape index (κ3) is 3.25. The Morgan fingerprint density at radius 3 is 2.85 bits per heavy atom. The first-order valence-electron chi connectivity index (χ1n) is 7.01. The molecule has 1 aromatic carbocycles. The number of likely N-dealkylation sites (N-methyl/N-ethyl adjacent to an activating group) is 1. The zero-order valence-electron chi connectivity index (χ0n) is 12.0. The zero-order valence-corrected chi connectivity index (χ0v) is 12.7. The van der Waals surface area contributed by atoms with E-state index in [0.29, 0.717) is 16.6 Å². The lowest BCUT2D eigenvalue weighted by Gasteiger charge is -2.33. The number of carboxylic acid groups (broad SMARTS) is 1. The number of rotatable bonds is 3. The number of hydrogen-bond donors (Lipinski definition) is 1. The van der Waals surface area contributed by atoms with E-state index in [1.165, 1.54) is 0 Å². The van der Waals surface area contributed by atoms with E-state index in [2.05, 4.69) is 23.8 Å². The first-order valence-corrected chi connectivity index (χ1v) is 7.38. The van der Waals surface area contributed by atoms with Gasteiger partial charge >= 0.3 is 5.97 Å². The van der Waals surface area contributed by atoms with Crippen LogP contribution in [0, 0.1) is 0 Å². The van der Waals surface area contributed by atoms with Gasteiger partial charge in [0.1, 0.15) is 0 Å². The van der Waals surface area contributed by atoms with Gasteiger partial charge < -0.3 is 14.9 Å². The van der Waals surface area contributed by atoms with Crippen molar-refractivity contribution in [3.05, 3.63) is 28.8 Å². The van der Waals surface area contributed by atoms with Gasteiger partial charge in [-0.1, -0.05) is 18.5 Å². The summed E-state index contributed by atoms with van der Waals surface area (Å²) in [7, 11) is 2.12. The molecule has 1 unspecified atom stereocenters. The number of halogens is 1. The highest BCUT2D eigenvalue weighted by atomic mass is 35.5. The lowest BCUT2D eigenvalue weighted by atomic mass is 10.1. The van der Waals surface area contributed by atoms with Crippen LogP contribution < -0.4 is 4.90 Å². The summed E-state index contributed by atoms with van der Waals surface area (Å²) in [6.45, 7) is 5.03. The predicted octanol–water partition coefficient (Wildman–Crippen LogP) is 2.96. The van der Waals surface area contributed by atoms with Crippen LogP contribution in [0.5, 0.6) is 0 Å². The van der Waals surface area contributed by atoms with Crippen molar-refractivity contribution in [3.63, 3.8) is 0 Å². The van der Waals surface area contributed by atoms with E-state index >= 15 is 0 Å². The molecule has 0 radical (unpaired) electrons. The summed E-state index contributed by atoms with van der Waals surface area (Å²) >= 11 is 5.94. The number of nitrogens with zero attached hydrogens (tertiary/aromatic N) is 2. The standard InChI is InChI=1S/C15H21ClN2O2/c1-3-12-10-17(2)7-4-8-18(12)14-6-5-11(16)9-13(14)15(19)20/h5-6,9,12H,3-4,7-8,10H2,1-2H3,(H,19,20). The van der Waals surface area contributed by atoms with Gasteiger partial charge in [0.05, 0.1) is 11.3 Å². The average molecular weight is 297 g/mol. The second kappa shape index (κ2) is 6.46. The summed E-state index contributed by atoms with van der Waals surface area (Å²) in [6.07, 6.45) is 2.03. The smallest absolute Gasteiger partial charge is 0.337 e. The second-order valence-electron chi connectivity index (χ2n) is 5.34. The number of carbonyl (C=O) groups is 1. The summed E-state index contributed by atoms with van der Waals surface area (Å²) in [5, 5.41) is 9.87. The molecule has 1 fully saturated rings. The Morgan fingerprint density at radius 1 is 1.45 bits per heavy atom. The van der Waals surface area contributed by atoms with Crippen LogP contribution in [-0.4, -0.2) is 48.7 Å². The molecule has 2 rings (SSSR count). The molecule has 1 aromatic rings. The van der Waals surface area contributed by atoms with E-state index < -0.39 is 5.97 Å². The van der Waals surface area contributed by atoms with Crippen LogP contribution in [0.1, 0.15) is 30.1 Å². The van der Waals surface area contributed by atoms with Gasteiger partial charge in [0.25, 0.3) is 0 Å². The lowest BCUT2D eigenvalue weighted by molar-refractivity contribution is 0.0697. The molecule has 0 aliphatic carbocycles. The molecule has 0 bridgehead atoms. The normalized spacial score (nSPS) is 20.8. The molecule has 0 aromatic heterocycles. The Kier molecular flexibility index (Phi) is 4.89. The quantitative estimate of drug-likeness (QED) is 0.931. The number of benzene rings is 1. The Labute approximate surface area is 124 Å². The first-order chi connectivity index (χ1) is 9.52. The van der Waals surface area contributed by atoms with Crippen molar-refractivity contribution in [2.45, 2.75) is 25.8 Å². The minimum absolute atomic E-state index is 0.292. The topological polar surface area (TPSA) is 43.8 Å². The Balaban J connectivity index is 2.39. The van der Waals surface area contributed by atoms with Gasteiger partial charge in [-0.05, 0) is 44.6 Å². The number of anilines is 1. The van der Waals surface area contributed by atoms with Crippen LogP contribution in [0.15, 0.2) is 18.2 Å². The molecule has 1 heterocycles. The van der Waals surface area contributed by atoms with Gasteiger partial charge in [-0.15, -0.1) is 0 Å². The monoisotopic (exact) mass is 296 g/mol. The molecule has 0 amide bonds. The largest absolute Gasteiger partial charge is 0.478 e. The molecule has 1 N–H and O–H groups in total. The minimum atomic E-state index is -0.921. The van der Waals surface area contributed by atoms with Crippen LogP contribution in [0.3, 0.4) is 0 Å². The van der Waals surface area contributed by atoms with Crippen molar-refractivity contribution in [2.24, 2.45) is 0 Å². The number of aromatic carboxylic acids is 1. The summed E-state index contributed by atoms with van der Waals surface area (Å²) in [5.41, 5.74) is 1.07. The van der Waals surface area contributed by atoms with E-state index in [1.807, 2.05) is 6.07 Å². The number of carboxylic acids is 1. The molecule has 20 heavy (non-hydrogen) atoms. The SMILES string of the molecule is CCC1CN(C)CCCN1c1ccc(Cl)cc1C(=O)O. The fraction of sp³-hybridized carbons (Fsp3) is 0.533. The summed E-state index contributed by atoms with van der Waals surface area (Å²) in [4.78, 5) is 16.0. The highest BCUT2D eigenvalue weighted by Gasteiger charge is 2.25. The van der Waals surface area contributed by atoms with Crippen molar-refractivity contribution < 1.29 is 9.90 Å². The van der Waals surface area contributed by atoms with Crippen LogP contribution in [0.2, 0.25) is 5.02 Å². The van der Waals surface area contributed by atoms with E-state index in [-0.39, 0.29) is 0 Å². The Morgan fingerprint density at radius 2 is 2.20 bits per heavy atom. The van der Waals surface area contributed by atoms with Crippen molar-refractivity contribution in [1.29, 1.82) is 0 Å². The highest BCUT2D eigenvalue weighted by molar-refractivity contribution is 6.31. The Hall–Kier alpha value is -1.26. The lowest BCUT2D eigenvalue weighted by Crippen LogP contribution is -2.40. The zero-order chi connectivity index (χ0) is 14.7. The van der Waals surface area contributed by atoms with Gasteiger partial charge in [0.15, 0.2) is 0 Å². The third-order valence-electron chi connectivity index (χ3n) is 3.87. The third-order valence-corrected chi connectivity index (χ3v) is 4.11. The van der Waals surface area contributed by atoms with Crippen LogP contribution in [0.25, 0.3) is 0 Å². The van der Waals surface area contributed by atoms with Crippen molar-refractivity contribution in [3.8, 4) is 0 Å². The summed E-state index contributed by atoms with van der Waals surface area (Å²) in [5.74, 6) is -0.921. The molecule has 4 nitrogen and oxygen atoms in total. The molecular weight excluding hydrogens is 276 g/mol. The maximum atomic E-state index is 11.5. The van der Waals surface area contributed by atoms with Gasteiger partial charge in [-0.25, -0.2) is 4.79 Å². The van der Waals surface area contributed by atoms with Crippen LogP contribution in [-0.2, 0) is 0 Å². The fourth-order valence-electron chi connectivity index (χ4n) is 2.84. The van der Waals surface area contributed by atoms with Gasteiger partial charge in [0, 0.05) is 24.2 Å². The van der Waals surface area contributed by atoms with E-state index in [0.717, 1.165) is 38.2 Å². The molecule has 1 saturated heterocycles. The van der Waals surface area contributed by atoms with Crippen LogP contribution >= 0.6 is 11.6 Å². The van der Waals surface area contributed by atoms with Crippen molar-refractivity contribution >= 4 is 23.3 Å². The summed E-state index contributed by atoms with van der Waals surface area (Å²) < 4.78 is 0. The Bertz CT molecular complexity index is 493. The predicted molar refractivity (Wildman–Crippen MR) is 82.0 cm³/mol.